The number of hydrogen-bond donors (Lipinski definition) is 3. The monoisotopic (exact) mass is 546 g/mol. The third kappa shape index (κ3) is 3.77. The van der Waals surface area contributed by atoms with Crippen LogP contribution in [0.3, 0.4) is 0 Å². The second kappa shape index (κ2) is 9.00. The van der Waals surface area contributed by atoms with Crippen LogP contribution in [0, 0.1) is 6.92 Å². The van der Waals surface area contributed by atoms with Gasteiger partial charge in [0.15, 0.2) is 29.2 Å². The van der Waals surface area contributed by atoms with Crippen LogP contribution in [0.2, 0.25) is 0 Å². The van der Waals surface area contributed by atoms with Gasteiger partial charge in [-0.1, -0.05) is 48.5 Å². The Labute approximate surface area is 239 Å². The summed E-state index contributed by atoms with van der Waals surface area (Å²) in [4.78, 5) is 27.9. The summed E-state index contributed by atoms with van der Waals surface area (Å²) in [6, 6.07) is 26.9. The van der Waals surface area contributed by atoms with Crippen LogP contribution in [-0.4, -0.2) is 34.2 Å². The van der Waals surface area contributed by atoms with Gasteiger partial charge in [-0.15, -0.1) is 10.2 Å². The first kappa shape index (κ1) is 23.8. The predicted octanol–water partition coefficient (Wildman–Crippen LogP) is 3.67. The van der Waals surface area contributed by atoms with E-state index in [-0.39, 0.29) is 0 Å². The summed E-state index contributed by atoms with van der Waals surface area (Å²) in [5, 5.41) is 10.9. The minimum Gasteiger partial charge on any atom is -0.399 e. The number of rotatable bonds is 1. The lowest BCUT2D eigenvalue weighted by atomic mass is 10.1. The van der Waals surface area contributed by atoms with Crippen LogP contribution < -0.4 is 22.4 Å². The van der Waals surface area contributed by atoms with E-state index in [4.69, 9.17) is 36.4 Å². The molecule has 6 bridgehead atoms. The molecule has 3 aliphatic heterocycles. The molecule has 0 saturated carbocycles. The Morgan fingerprint density at radius 3 is 1.74 bits per heavy atom. The van der Waals surface area contributed by atoms with Crippen molar-refractivity contribution in [3.05, 3.63) is 129 Å². The minimum atomic E-state index is 0.404. The third-order valence-corrected chi connectivity index (χ3v) is 7.42. The number of aryl methyl sites for hydroxylation is 1. The molecule has 3 aliphatic rings. The Morgan fingerprint density at radius 1 is 0.476 bits per heavy atom. The van der Waals surface area contributed by atoms with E-state index >= 15 is 0 Å². The van der Waals surface area contributed by atoms with Crippen molar-refractivity contribution in [1.29, 1.82) is 0 Å². The number of fused-ring (bicyclic) bond motifs is 13. The Bertz CT molecular complexity index is 2280. The van der Waals surface area contributed by atoms with Gasteiger partial charge in [0.2, 0.25) is 0 Å². The summed E-state index contributed by atoms with van der Waals surface area (Å²) in [5.74, 6) is 2.28. The number of aromatic amines is 1. The van der Waals surface area contributed by atoms with Gasteiger partial charge in [0, 0.05) is 50.0 Å². The van der Waals surface area contributed by atoms with Crippen LogP contribution in [0.5, 0.6) is 0 Å². The molecule has 5 N–H and O–H groups in total. The van der Waals surface area contributed by atoms with Crippen molar-refractivity contribution in [3.8, 4) is 0 Å². The molecule has 200 valence electrons. The highest BCUT2D eigenvalue weighted by Gasteiger charge is 2.25. The maximum absolute atomic E-state index is 6.19. The molecular weight excluding hydrogens is 524 g/mol. The molecule has 4 heterocycles. The van der Waals surface area contributed by atoms with E-state index < -0.39 is 0 Å². The van der Waals surface area contributed by atoms with Gasteiger partial charge in [0.1, 0.15) is 11.0 Å². The highest BCUT2D eigenvalue weighted by atomic mass is 15.3. The van der Waals surface area contributed by atoms with Crippen molar-refractivity contribution in [2.45, 2.75) is 6.92 Å². The SMILES string of the molecule is Cc1ccccc1C1=NN=C2N=C(N=c3[nH]c(c4ccc(N)cc34)=NC3=NC(=N1)c1ccccc13)c1cc(N)ccc12. The van der Waals surface area contributed by atoms with Crippen molar-refractivity contribution in [3.63, 3.8) is 0 Å². The average molecular weight is 547 g/mol. The first-order chi connectivity index (χ1) is 20.5. The lowest BCUT2D eigenvalue weighted by molar-refractivity contribution is 1.15. The van der Waals surface area contributed by atoms with Crippen LogP contribution in [0.1, 0.15) is 33.4 Å². The van der Waals surface area contributed by atoms with E-state index in [1.807, 2.05) is 91.9 Å². The molecule has 5 aromatic rings. The normalized spacial score (nSPS) is 15.1. The van der Waals surface area contributed by atoms with Crippen molar-refractivity contribution >= 4 is 51.3 Å². The van der Waals surface area contributed by atoms with Gasteiger partial charge in [-0.05, 0) is 48.9 Å². The van der Waals surface area contributed by atoms with E-state index in [2.05, 4.69) is 15.2 Å². The molecule has 4 aromatic carbocycles. The maximum atomic E-state index is 6.19. The van der Waals surface area contributed by atoms with Gasteiger partial charge in [0.05, 0.1) is 0 Å². The van der Waals surface area contributed by atoms with Crippen molar-refractivity contribution in [1.82, 2.24) is 4.98 Å². The van der Waals surface area contributed by atoms with Gasteiger partial charge in [-0.2, -0.15) is 0 Å². The summed E-state index contributed by atoms with van der Waals surface area (Å²) in [7, 11) is 0. The molecule has 1 aromatic heterocycles. The summed E-state index contributed by atoms with van der Waals surface area (Å²) < 4.78 is 0. The maximum Gasteiger partial charge on any atom is 0.184 e. The molecule has 42 heavy (non-hydrogen) atoms. The summed E-state index contributed by atoms with van der Waals surface area (Å²) in [6.07, 6.45) is 0. The number of aliphatic imine (C=N–C) groups is 3. The largest absolute Gasteiger partial charge is 0.399 e. The fourth-order valence-electron chi connectivity index (χ4n) is 5.34. The van der Waals surface area contributed by atoms with E-state index in [9.17, 15) is 0 Å². The summed E-state index contributed by atoms with van der Waals surface area (Å²) in [6.45, 7) is 2.01. The topological polar surface area (TPSA) is 154 Å². The highest BCUT2D eigenvalue weighted by Crippen LogP contribution is 2.25. The quantitative estimate of drug-likeness (QED) is 0.275. The average Bonchev–Trinajstić information content (AvgIpc) is 3.62. The Kier molecular flexibility index (Phi) is 5.10. The van der Waals surface area contributed by atoms with Crippen molar-refractivity contribution in [2.75, 3.05) is 11.5 Å². The van der Waals surface area contributed by atoms with Gasteiger partial charge in [-0.25, -0.2) is 25.0 Å². The Hall–Kier alpha value is -6.03. The number of anilines is 2. The molecule has 8 rings (SSSR count). The smallest absolute Gasteiger partial charge is 0.184 e. The molecule has 10 heteroatoms. The standard InChI is InChI=1S/C32H22N10/c1-16-6-2-3-7-19(16)31-39-27-21-9-5-4-8-20(21)26(35-27)36-28-22-12-10-17(33)14-24(22)29(37-28)38-30-25-15-18(34)11-13-23(25)32(40-30)42-41-31/h2-15H,33-34H2,1H3,(H,35,36,37,38,39,40,41,42). The fraction of sp³-hybridized carbons (Fsp3) is 0.0312. The molecule has 0 atom stereocenters. The number of aromatic nitrogens is 1. The molecule has 0 radical (unpaired) electrons. The van der Waals surface area contributed by atoms with Gasteiger partial charge in [-0.3, -0.25) is 0 Å². The van der Waals surface area contributed by atoms with Crippen LogP contribution >= 0.6 is 0 Å². The molecular formula is C32H22N10. The minimum absolute atomic E-state index is 0.404. The third-order valence-electron chi connectivity index (χ3n) is 7.42. The van der Waals surface area contributed by atoms with Crippen molar-refractivity contribution < 1.29 is 0 Å². The van der Waals surface area contributed by atoms with Gasteiger partial charge in [0.25, 0.3) is 0 Å². The highest BCUT2D eigenvalue weighted by molar-refractivity contribution is 6.26. The van der Waals surface area contributed by atoms with Crippen LogP contribution in [-0.2, 0) is 0 Å². The molecule has 0 spiro atoms. The molecule has 0 amide bonds. The number of hydrogen-bond acceptors (Lipinski definition) is 9. The Morgan fingerprint density at radius 2 is 1.00 bits per heavy atom. The van der Waals surface area contributed by atoms with Crippen LogP contribution in [0.4, 0.5) is 11.4 Å². The van der Waals surface area contributed by atoms with Crippen molar-refractivity contribution in [2.24, 2.45) is 35.2 Å². The molecule has 0 aliphatic carbocycles. The first-order valence-electron chi connectivity index (χ1n) is 13.3. The number of nitrogens with two attached hydrogens (primary N) is 2. The van der Waals surface area contributed by atoms with Gasteiger partial charge >= 0.3 is 0 Å². The number of nitrogens with one attached hydrogen (secondary N) is 1. The molecule has 0 unspecified atom stereocenters. The van der Waals surface area contributed by atoms with E-state index in [1.165, 1.54) is 0 Å². The molecule has 0 saturated heterocycles. The van der Waals surface area contributed by atoms with Crippen LogP contribution in [0.15, 0.2) is 120 Å². The fourth-order valence-corrected chi connectivity index (χ4v) is 5.34. The molecule has 10 nitrogen and oxygen atoms in total. The zero-order valence-electron chi connectivity index (χ0n) is 22.4. The zero-order chi connectivity index (χ0) is 28.4. The lowest BCUT2D eigenvalue weighted by Gasteiger charge is -2.05. The van der Waals surface area contributed by atoms with Crippen LogP contribution in [0.25, 0.3) is 10.8 Å². The van der Waals surface area contributed by atoms with E-state index in [0.717, 1.165) is 44.2 Å². The van der Waals surface area contributed by atoms with Gasteiger partial charge < -0.3 is 16.5 Å². The predicted molar refractivity (Wildman–Crippen MR) is 166 cm³/mol. The lowest BCUT2D eigenvalue weighted by Crippen LogP contribution is -2.15. The number of H-pyrrole nitrogens is 1. The summed E-state index contributed by atoms with van der Waals surface area (Å²) in [5.41, 5.74) is 19.8. The summed E-state index contributed by atoms with van der Waals surface area (Å²) >= 11 is 0. The second-order valence-corrected chi connectivity index (χ2v) is 10.2. The first-order valence-corrected chi connectivity index (χ1v) is 13.3. The Balaban J connectivity index is 1.49. The number of nitrogens with zero attached hydrogens (tertiary/aromatic N) is 7. The number of benzene rings is 4. The number of amidine groups is 5. The van der Waals surface area contributed by atoms with E-state index in [0.29, 0.717) is 51.5 Å². The molecule has 0 fully saturated rings. The number of nitrogen functional groups attached to an aromatic ring is 2. The second-order valence-electron chi connectivity index (χ2n) is 10.2. The van der Waals surface area contributed by atoms with E-state index in [1.54, 1.807) is 0 Å². The zero-order valence-corrected chi connectivity index (χ0v) is 22.4.